The number of nitrogens with one attached hydrogen (secondary N) is 2. The third-order valence-electron chi connectivity index (χ3n) is 3.21. The average Bonchev–Trinajstić information content (AvgIpc) is 2.45. The fraction of sp³-hybridized carbons (Fsp3) is 0.235. The monoisotopic (exact) mass is 283 g/mol. The van der Waals surface area contributed by atoms with Gasteiger partial charge in [0.2, 0.25) is 0 Å². The number of nitrogens with two attached hydrogens (primary N) is 1. The summed E-state index contributed by atoms with van der Waals surface area (Å²) in [4.78, 5) is 11.9. The predicted octanol–water partition coefficient (Wildman–Crippen LogP) is 3.34. The molecule has 4 nitrogen and oxygen atoms in total. The lowest BCUT2D eigenvalue weighted by atomic mass is 10.1. The minimum absolute atomic E-state index is 0.0536. The lowest BCUT2D eigenvalue weighted by Gasteiger charge is -2.11. The third-order valence-corrected chi connectivity index (χ3v) is 3.21. The third kappa shape index (κ3) is 4.61. The normalized spacial score (nSPS) is 11.8. The molecule has 0 aliphatic carbocycles. The van der Waals surface area contributed by atoms with Crippen molar-refractivity contribution in [3.63, 3.8) is 0 Å². The van der Waals surface area contributed by atoms with E-state index in [9.17, 15) is 4.79 Å². The zero-order valence-electron chi connectivity index (χ0n) is 12.4. The van der Waals surface area contributed by atoms with Crippen LogP contribution < -0.4 is 16.4 Å². The first-order valence-corrected chi connectivity index (χ1v) is 7.00. The Balaban J connectivity index is 1.91. The van der Waals surface area contributed by atoms with Gasteiger partial charge in [0, 0.05) is 18.3 Å². The van der Waals surface area contributed by atoms with Crippen molar-refractivity contribution in [2.75, 3.05) is 5.32 Å². The number of aryl methyl sites for hydroxylation is 1. The summed E-state index contributed by atoms with van der Waals surface area (Å²) in [5.41, 5.74) is 9.83. The topological polar surface area (TPSA) is 67.2 Å². The van der Waals surface area contributed by atoms with Crippen LogP contribution in [0, 0.1) is 6.92 Å². The van der Waals surface area contributed by atoms with Crippen LogP contribution in [0.2, 0.25) is 0 Å². The first-order valence-electron chi connectivity index (χ1n) is 7.00. The maximum Gasteiger partial charge on any atom is 0.319 e. The van der Waals surface area contributed by atoms with E-state index >= 15 is 0 Å². The summed E-state index contributed by atoms with van der Waals surface area (Å²) in [7, 11) is 0. The summed E-state index contributed by atoms with van der Waals surface area (Å²) >= 11 is 0. The number of rotatable bonds is 4. The molecule has 0 radical (unpaired) electrons. The van der Waals surface area contributed by atoms with Crippen molar-refractivity contribution in [3.05, 3.63) is 65.2 Å². The van der Waals surface area contributed by atoms with Crippen molar-refractivity contribution in [2.24, 2.45) is 5.73 Å². The molecule has 0 saturated heterocycles. The molecule has 1 atom stereocenters. The SMILES string of the molecule is Cc1cccc(CNC(=O)Nc2cccc(C(C)N)c2)c1. The van der Waals surface area contributed by atoms with E-state index in [0.717, 1.165) is 16.8 Å². The molecule has 1 unspecified atom stereocenters. The van der Waals surface area contributed by atoms with Crippen LogP contribution in [-0.2, 0) is 6.54 Å². The van der Waals surface area contributed by atoms with Crippen LogP contribution in [0.1, 0.15) is 29.7 Å². The zero-order chi connectivity index (χ0) is 15.2. The second-order valence-corrected chi connectivity index (χ2v) is 5.21. The number of amides is 2. The molecule has 110 valence electrons. The zero-order valence-corrected chi connectivity index (χ0v) is 12.4. The summed E-state index contributed by atoms with van der Waals surface area (Å²) in [6.07, 6.45) is 0. The van der Waals surface area contributed by atoms with Gasteiger partial charge >= 0.3 is 6.03 Å². The quantitative estimate of drug-likeness (QED) is 0.805. The molecule has 2 amide bonds. The molecule has 0 saturated carbocycles. The van der Waals surface area contributed by atoms with E-state index in [0.29, 0.717) is 6.54 Å². The Kier molecular flexibility index (Phi) is 4.95. The number of hydrogen-bond acceptors (Lipinski definition) is 2. The van der Waals surface area contributed by atoms with Crippen LogP contribution in [0.3, 0.4) is 0 Å². The molecular weight excluding hydrogens is 262 g/mol. The molecule has 0 aromatic heterocycles. The maximum absolute atomic E-state index is 11.9. The van der Waals surface area contributed by atoms with Crippen LogP contribution in [0.25, 0.3) is 0 Å². The van der Waals surface area contributed by atoms with Gasteiger partial charge in [-0.15, -0.1) is 0 Å². The number of carbonyl (C=O) groups is 1. The Morgan fingerprint density at radius 1 is 1.19 bits per heavy atom. The molecule has 2 aromatic rings. The second-order valence-electron chi connectivity index (χ2n) is 5.21. The number of urea groups is 1. The summed E-state index contributed by atoms with van der Waals surface area (Å²) < 4.78 is 0. The molecular formula is C17H21N3O. The van der Waals surface area contributed by atoms with E-state index in [2.05, 4.69) is 16.7 Å². The largest absolute Gasteiger partial charge is 0.334 e. The van der Waals surface area contributed by atoms with Crippen molar-refractivity contribution >= 4 is 11.7 Å². The highest BCUT2D eigenvalue weighted by molar-refractivity contribution is 5.89. The van der Waals surface area contributed by atoms with Crippen molar-refractivity contribution in [1.82, 2.24) is 5.32 Å². The fourth-order valence-electron chi connectivity index (χ4n) is 2.08. The van der Waals surface area contributed by atoms with E-state index in [1.807, 2.05) is 56.3 Å². The summed E-state index contributed by atoms with van der Waals surface area (Å²) in [6.45, 7) is 4.44. The minimum atomic E-state index is -0.224. The van der Waals surface area contributed by atoms with E-state index < -0.39 is 0 Å². The molecule has 21 heavy (non-hydrogen) atoms. The lowest BCUT2D eigenvalue weighted by molar-refractivity contribution is 0.251. The van der Waals surface area contributed by atoms with Crippen molar-refractivity contribution in [3.8, 4) is 0 Å². The molecule has 0 aliphatic heterocycles. The van der Waals surface area contributed by atoms with Gasteiger partial charge in [-0.1, -0.05) is 42.0 Å². The summed E-state index contributed by atoms with van der Waals surface area (Å²) in [6, 6.07) is 15.3. The second kappa shape index (κ2) is 6.90. The molecule has 0 aliphatic rings. The van der Waals surface area contributed by atoms with Crippen molar-refractivity contribution in [2.45, 2.75) is 26.4 Å². The van der Waals surface area contributed by atoms with Crippen LogP contribution in [0.15, 0.2) is 48.5 Å². The first kappa shape index (κ1) is 15.1. The Labute approximate surface area is 125 Å². The van der Waals surface area contributed by atoms with Crippen LogP contribution >= 0.6 is 0 Å². The van der Waals surface area contributed by atoms with Crippen molar-refractivity contribution in [1.29, 1.82) is 0 Å². The predicted molar refractivity (Wildman–Crippen MR) is 86.1 cm³/mol. The highest BCUT2D eigenvalue weighted by atomic mass is 16.2. The molecule has 2 rings (SSSR count). The lowest BCUT2D eigenvalue weighted by Crippen LogP contribution is -2.28. The Hall–Kier alpha value is -2.33. The maximum atomic E-state index is 11.9. The standard InChI is InChI=1S/C17H21N3O/c1-12-5-3-6-14(9-12)11-19-17(21)20-16-8-4-7-15(10-16)13(2)18/h3-10,13H,11,18H2,1-2H3,(H2,19,20,21). The average molecular weight is 283 g/mol. The molecule has 0 fully saturated rings. The van der Waals surface area contributed by atoms with Gasteiger partial charge in [0.25, 0.3) is 0 Å². The van der Waals surface area contributed by atoms with Gasteiger partial charge in [-0.2, -0.15) is 0 Å². The smallest absolute Gasteiger partial charge is 0.319 e. The number of benzene rings is 2. The highest BCUT2D eigenvalue weighted by Crippen LogP contribution is 2.15. The molecule has 0 heterocycles. The Bertz CT molecular complexity index is 623. The number of anilines is 1. The van der Waals surface area contributed by atoms with Crippen molar-refractivity contribution < 1.29 is 4.79 Å². The minimum Gasteiger partial charge on any atom is -0.334 e. The van der Waals surface area contributed by atoms with Gasteiger partial charge in [0.1, 0.15) is 0 Å². The van der Waals surface area contributed by atoms with Crippen LogP contribution in [-0.4, -0.2) is 6.03 Å². The Morgan fingerprint density at radius 2 is 1.95 bits per heavy atom. The fourth-order valence-corrected chi connectivity index (χ4v) is 2.08. The summed E-state index contributed by atoms with van der Waals surface area (Å²) in [5, 5.41) is 5.66. The van der Waals surface area contributed by atoms with E-state index in [4.69, 9.17) is 5.73 Å². The van der Waals surface area contributed by atoms with Crippen LogP contribution in [0.4, 0.5) is 10.5 Å². The summed E-state index contributed by atoms with van der Waals surface area (Å²) in [5.74, 6) is 0. The molecule has 0 bridgehead atoms. The Morgan fingerprint density at radius 3 is 2.67 bits per heavy atom. The highest BCUT2D eigenvalue weighted by Gasteiger charge is 2.04. The molecule has 0 spiro atoms. The van der Waals surface area contributed by atoms with E-state index in [1.54, 1.807) is 0 Å². The van der Waals surface area contributed by atoms with E-state index in [-0.39, 0.29) is 12.1 Å². The van der Waals surface area contributed by atoms with Gasteiger partial charge in [0.15, 0.2) is 0 Å². The first-order chi connectivity index (χ1) is 10.0. The number of hydrogen-bond donors (Lipinski definition) is 3. The van der Waals surface area contributed by atoms with Crippen LogP contribution in [0.5, 0.6) is 0 Å². The van der Waals surface area contributed by atoms with E-state index in [1.165, 1.54) is 5.56 Å². The van der Waals surface area contributed by atoms with Gasteiger partial charge in [-0.05, 0) is 37.1 Å². The number of carbonyl (C=O) groups excluding carboxylic acids is 1. The van der Waals surface area contributed by atoms with Gasteiger partial charge in [0.05, 0.1) is 0 Å². The van der Waals surface area contributed by atoms with Gasteiger partial charge in [-0.25, -0.2) is 4.79 Å². The molecule has 4 N–H and O–H groups in total. The molecule has 4 heteroatoms. The molecule has 2 aromatic carbocycles. The van der Waals surface area contributed by atoms with Gasteiger partial charge < -0.3 is 16.4 Å². The van der Waals surface area contributed by atoms with Gasteiger partial charge in [-0.3, -0.25) is 0 Å².